The molecule has 0 bridgehead atoms. The van der Waals surface area contributed by atoms with Crippen LogP contribution in [0.1, 0.15) is 12.0 Å². The fourth-order valence-corrected chi connectivity index (χ4v) is 3.68. The van der Waals surface area contributed by atoms with Gasteiger partial charge in [-0.2, -0.15) is 0 Å². The highest BCUT2D eigenvalue weighted by Gasteiger charge is 2.05. The number of thiazole rings is 1. The van der Waals surface area contributed by atoms with Crippen LogP contribution in [0.4, 0.5) is 0 Å². The zero-order valence-corrected chi connectivity index (χ0v) is 14.7. The summed E-state index contributed by atoms with van der Waals surface area (Å²) >= 11 is 3.51. The lowest BCUT2D eigenvalue weighted by molar-refractivity contribution is 0.477. The maximum absolute atomic E-state index is 4.35. The molecule has 118 valence electrons. The van der Waals surface area contributed by atoms with E-state index in [4.69, 9.17) is 0 Å². The summed E-state index contributed by atoms with van der Waals surface area (Å²) in [5.74, 6) is 2.00. The van der Waals surface area contributed by atoms with Crippen LogP contribution in [-0.4, -0.2) is 42.2 Å². The van der Waals surface area contributed by atoms with Gasteiger partial charge in [-0.3, -0.25) is 4.99 Å². The molecule has 0 atom stereocenters. The molecule has 0 fully saturated rings. The number of nitrogens with zero attached hydrogens (tertiary/aromatic N) is 3. The molecule has 0 radical (unpaired) electrons. The van der Waals surface area contributed by atoms with Crippen molar-refractivity contribution >= 4 is 29.1 Å². The van der Waals surface area contributed by atoms with E-state index < -0.39 is 0 Å². The van der Waals surface area contributed by atoms with Crippen molar-refractivity contribution < 1.29 is 0 Å². The topological polar surface area (TPSA) is 40.5 Å². The number of guanidine groups is 1. The van der Waals surface area contributed by atoms with E-state index in [2.05, 4.69) is 51.5 Å². The van der Waals surface area contributed by atoms with Crippen LogP contribution in [0.15, 0.2) is 51.2 Å². The van der Waals surface area contributed by atoms with Crippen molar-refractivity contribution in [3.63, 3.8) is 0 Å². The summed E-state index contributed by atoms with van der Waals surface area (Å²) in [6.45, 7) is 1.78. The SMILES string of the molecule is CN=C(NCCCSc1nccs1)N(C)Cc1ccccc1. The average Bonchev–Trinajstić information content (AvgIpc) is 3.05. The zero-order valence-electron chi connectivity index (χ0n) is 13.0. The molecule has 0 saturated heterocycles. The van der Waals surface area contributed by atoms with Crippen LogP contribution in [-0.2, 0) is 6.54 Å². The van der Waals surface area contributed by atoms with Gasteiger partial charge in [-0.15, -0.1) is 11.3 Å². The molecule has 1 heterocycles. The van der Waals surface area contributed by atoms with Crippen molar-refractivity contribution in [3.05, 3.63) is 47.5 Å². The summed E-state index contributed by atoms with van der Waals surface area (Å²) in [6.07, 6.45) is 2.94. The zero-order chi connectivity index (χ0) is 15.6. The highest BCUT2D eigenvalue weighted by molar-refractivity contribution is 8.00. The van der Waals surface area contributed by atoms with Gasteiger partial charge in [-0.1, -0.05) is 42.1 Å². The Kier molecular flexibility index (Phi) is 7.25. The van der Waals surface area contributed by atoms with E-state index in [-0.39, 0.29) is 0 Å². The molecule has 0 aliphatic rings. The Morgan fingerprint density at radius 3 is 2.86 bits per heavy atom. The quantitative estimate of drug-likeness (QED) is 0.365. The summed E-state index contributed by atoms with van der Waals surface area (Å²) in [5, 5.41) is 5.43. The first-order chi connectivity index (χ1) is 10.8. The Morgan fingerprint density at radius 2 is 2.18 bits per heavy atom. The molecule has 6 heteroatoms. The molecule has 1 N–H and O–H groups in total. The Morgan fingerprint density at radius 1 is 1.36 bits per heavy atom. The van der Waals surface area contributed by atoms with E-state index in [1.165, 1.54) is 5.56 Å². The number of benzene rings is 1. The molecule has 0 spiro atoms. The lowest BCUT2D eigenvalue weighted by atomic mass is 10.2. The van der Waals surface area contributed by atoms with Gasteiger partial charge in [0.15, 0.2) is 5.96 Å². The van der Waals surface area contributed by atoms with Crippen molar-refractivity contribution in [2.45, 2.75) is 17.3 Å². The summed E-state index contributed by atoms with van der Waals surface area (Å²) < 4.78 is 1.14. The smallest absolute Gasteiger partial charge is 0.193 e. The first-order valence-corrected chi connectivity index (χ1v) is 9.14. The molecule has 4 nitrogen and oxygen atoms in total. The van der Waals surface area contributed by atoms with E-state index >= 15 is 0 Å². The van der Waals surface area contributed by atoms with Gasteiger partial charge in [0.25, 0.3) is 0 Å². The van der Waals surface area contributed by atoms with E-state index in [1.807, 2.05) is 36.5 Å². The predicted molar refractivity (Wildman–Crippen MR) is 96.7 cm³/mol. The van der Waals surface area contributed by atoms with Gasteiger partial charge in [0.1, 0.15) is 4.34 Å². The fraction of sp³-hybridized carbons (Fsp3) is 0.375. The molecule has 0 unspecified atom stereocenters. The van der Waals surface area contributed by atoms with E-state index in [9.17, 15) is 0 Å². The molecule has 2 rings (SSSR count). The molecule has 22 heavy (non-hydrogen) atoms. The van der Waals surface area contributed by atoms with Crippen molar-refractivity contribution in [2.75, 3.05) is 26.4 Å². The third-order valence-electron chi connectivity index (χ3n) is 3.08. The average molecular weight is 335 g/mol. The number of nitrogens with one attached hydrogen (secondary N) is 1. The predicted octanol–water partition coefficient (Wildman–Crippen LogP) is 3.33. The molecule has 0 amide bonds. The molecule has 1 aromatic carbocycles. The normalized spacial score (nSPS) is 11.5. The standard InChI is InChI=1S/C16H22N4S2/c1-17-15(20(2)13-14-7-4-3-5-8-14)18-9-6-11-21-16-19-10-12-22-16/h3-5,7-8,10,12H,6,9,11,13H2,1-2H3,(H,17,18). The van der Waals surface area contributed by atoms with Crippen LogP contribution < -0.4 is 5.32 Å². The number of hydrogen-bond acceptors (Lipinski definition) is 4. The van der Waals surface area contributed by atoms with Gasteiger partial charge in [0.05, 0.1) is 0 Å². The van der Waals surface area contributed by atoms with Crippen LogP contribution >= 0.6 is 23.1 Å². The number of rotatable bonds is 7. The van der Waals surface area contributed by atoms with Crippen LogP contribution in [0.25, 0.3) is 0 Å². The molecule has 0 aliphatic carbocycles. The fourth-order valence-electron chi connectivity index (χ4n) is 2.03. The highest BCUT2D eigenvalue weighted by atomic mass is 32.2. The largest absolute Gasteiger partial charge is 0.356 e. The minimum absolute atomic E-state index is 0.856. The number of aliphatic imine (C=N–C) groups is 1. The third-order valence-corrected chi connectivity index (χ3v) is 5.13. The van der Waals surface area contributed by atoms with Gasteiger partial charge in [0.2, 0.25) is 0 Å². The van der Waals surface area contributed by atoms with E-state index in [1.54, 1.807) is 11.3 Å². The molecule has 2 aromatic rings. The molecule has 1 aromatic heterocycles. The van der Waals surface area contributed by atoms with Gasteiger partial charge in [0, 0.05) is 44.5 Å². The molecule has 0 saturated carbocycles. The summed E-state index contributed by atoms with van der Waals surface area (Å²) in [5.41, 5.74) is 1.28. The Balaban J connectivity index is 1.68. The molecular formula is C16H22N4S2. The Bertz CT molecular complexity index is 555. The molecule has 0 aliphatic heterocycles. The van der Waals surface area contributed by atoms with Crippen molar-refractivity contribution in [1.29, 1.82) is 0 Å². The number of thioether (sulfide) groups is 1. The summed E-state index contributed by atoms with van der Waals surface area (Å²) in [6, 6.07) is 10.4. The minimum atomic E-state index is 0.856. The Labute approximate surface area is 140 Å². The van der Waals surface area contributed by atoms with Crippen molar-refractivity contribution in [1.82, 2.24) is 15.2 Å². The number of aromatic nitrogens is 1. The lowest BCUT2D eigenvalue weighted by Crippen LogP contribution is -2.39. The van der Waals surface area contributed by atoms with Gasteiger partial charge < -0.3 is 10.2 Å². The van der Waals surface area contributed by atoms with Crippen LogP contribution in [0.5, 0.6) is 0 Å². The minimum Gasteiger partial charge on any atom is -0.356 e. The maximum Gasteiger partial charge on any atom is 0.193 e. The van der Waals surface area contributed by atoms with Crippen LogP contribution in [0.3, 0.4) is 0 Å². The lowest BCUT2D eigenvalue weighted by Gasteiger charge is -2.22. The third kappa shape index (κ3) is 5.69. The second kappa shape index (κ2) is 9.48. The van der Waals surface area contributed by atoms with Gasteiger partial charge >= 0.3 is 0 Å². The second-order valence-corrected chi connectivity index (χ2v) is 7.05. The van der Waals surface area contributed by atoms with Crippen molar-refractivity contribution in [3.8, 4) is 0 Å². The monoisotopic (exact) mass is 334 g/mol. The van der Waals surface area contributed by atoms with Gasteiger partial charge in [-0.25, -0.2) is 4.98 Å². The second-order valence-electron chi connectivity index (χ2n) is 4.82. The molecular weight excluding hydrogens is 312 g/mol. The van der Waals surface area contributed by atoms with E-state index in [0.717, 1.165) is 35.6 Å². The summed E-state index contributed by atoms with van der Waals surface area (Å²) in [4.78, 5) is 10.8. The van der Waals surface area contributed by atoms with Crippen LogP contribution in [0.2, 0.25) is 0 Å². The number of hydrogen-bond donors (Lipinski definition) is 1. The highest BCUT2D eigenvalue weighted by Crippen LogP contribution is 2.20. The summed E-state index contributed by atoms with van der Waals surface area (Å²) in [7, 11) is 3.89. The van der Waals surface area contributed by atoms with E-state index in [0.29, 0.717) is 0 Å². The first kappa shape index (κ1) is 16.8. The Hall–Kier alpha value is -1.53. The first-order valence-electron chi connectivity index (χ1n) is 7.27. The van der Waals surface area contributed by atoms with Gasteiger partial charge in [-0.05, 0) is 12.0 Å². The van der Waals surface area contributed by atoms with Crippen molar-refractivity contribution in [2.24, 2.45) is 4.99 Å². The van der Waals surface area contributed by atoms with Crippen LogP contribution in [0, 0.1) is 0 Å². The maximum atomic E-state index is 4.35.